The lowest BCUT2D eigenvalue weighted by Crippen LogP contribution is -2.33. The molecule has 1 fully saturated rings. The highest BCUT2D eigenvalue weighted by molar-refractivity contribution is 7.10. The normalized spacial score (nSPS) is 20.2. The van der Waals surface area contributed by atoms with Crippen LogP contribution >= 0.6 is 11.3 Å². The molecule has 1 aromatic rings. The van der Waals surface area contributed by atoms with Crippen LogP contribution in [-0.2, 0) is 4.79 Å². The Morgan fingerprint density at radius 3 is 2.60 bits per heavy atom. The molecule has 3 nitrogen and oxygen atoms in total. The number of carboxylic acid groups (broad SMARTS) is 1. The predicted molar refractivity (Wildman–Crippen MR) is 60.0 cm³/mol. The SMILES string of the molecule is CN(C)C(c1cccs1)C1(C(=O)O)CC1. The average molecular weight is 225 g/mol. The summed E-state index contributed by atoms with van der Waals surface area (Å²) in [5.41, 5.74) is -0.533. The zero-order chi connectivity index (χ0) is 11.1. The minimum absolute atomic E-state index is 0.0231. The highest BCUT2D eigenvalue weighted by Gasteiger charge is 2.57. The summed E-state index contributed by atoms with van der Waals surface area (Å²) >= 11 is 1.64. The van der Waals surface area contributed by atoms with Crippen LogP contribution in [0.15, 0.2) is 17.5 Å². The summed E-state index contributed by atoms with van der Waals surface area (Å²) in [5, 5.41) is 11.3. The molecule has 0 aliphatic heterocycles. The van der Waals surface area contributed by atoms with Crippen molar-refractivity contribution in [2.24, 2.45) is 5.41 Å². The Morgan fingerprint density at radius 1 is 1.60 bits per heavy atom. The molecule has 15 heavy (non-hydrogen) atoms. The number of thiophene rings is 1. The van der Waals surface area contributed by atoms with E-state index in [4.69, 9.17) is 0 Å². The maximum absolute atomic E-state index is 11.3. The van der Waals surface area contributed by atoms with Gasteiger partial charge in [-0.25, -0.2) is 0 Å². The molecule has 1 aliphatic carbocycles. The van der Waals surface area contributed by atoms with Gasteiger partial charge in [0.15, 0.2) is 0 Å². The molecule has 0 amide bonds. The molecular weight excluding hydrogens is 210 g/mol. The molecule has 4 heteroatoms. The van der Waals surface area contributed by atoms with Crippen LogP contribution in [0.1, 0.15) is 23.8 Å². The van der Waals surface area contributed by atoms with E-state index >= 15 is 0 Å². The zero-order valence-electron chi connectivity index (χ0n) is 8.93. The lowest BCUT2D eigenvalue weighted by atomic mass is 9.94. The van der Waals surface area contributed by atoms with E-state index in [-0.39, 0.29) is 6.04 Å². The second-order valence-electron chi connectivity index (χ2n) is 4.34. The lowest BCUT2D eigenvalue weighted by molar-refractivity contribution is -0.146. The smallest absolute Gasteiger partial charge is 0.311 e. The molecule has 0 spiro atoms. The first kappa shape index (κ1) is 10.6. The lowest BCUT2D eigenvalue weighted by Gasteiger charge is -2.29. The van der Waals surface area contributed by atoms with Crippen molar-refractivity contribution in [1.29, 1.82) is 0 Å². The van der Waals surface area contributed by atoms with Gasteiger partial charge >= 0.3 is 5.97 Å². The largest absolute Gasteiger partial charge is 0.481 e. The first-order chi connectivity index (χ1) is 7.08. The summed E-state index contributed by atoms with van der Waals surface area (Å²) in [6.45, 7) is 0. The number of carboxylic acids is 1. The third-order valence-corrected chi connectivity index (χ3v) is 3.99. The van der Waals surface area contributed by atoms with E-state index in [1.165, 1.54) is 0 Å². The fourth-order valence-corrected chi connectivity index (χ4v) is 3.24. The van der Waals surface area contributed by atoms with Crippen LogP contribution in [0.3, 0.4) is 0 Å². The average Bonchev–Trinajstić information content (AvgIpc) is 2.75. The maximum Gasteiger partial charge on any atom is 0.311 e. The van der Waals surface area contributed by atoms with E-state index in [9.17, 15) is 9.90 Å². The zero-order valence-corrected chi connectivity index (χ0v) is 9.75. The van der Waals surface area contributed by atoms with Crippen molar-refractivity contribution < 1.29 is 9.90 Å². The van der Waals surface area contributed by atoms with Gasteiger partial charge in [0.2, 0.25) is 0 Å². The van der Waals surface area contributed by atoms with Crippen molar-refractivity contribution in [3.05, 3.63) is 22.4 Å². The summed E-state index contributed by atoms with van der Waals surface area (Å²) in [4.78, 5) is 14.5. The molecule has 1 aliphatic rings. The Labute approximate surface area is 93.3 Å². The predicted octanol–water partition coefficient (Wildman–Crippen LogP) is 2.22. The monoisotopic (exact) mass is 225 g/mol. The molecule has 0 aromatic carbocycles. The Kier molecular flexibility index (Phi) is 2.56. The molecule has 0 bridgehead atoms. The van der Waals surface area contributed by atoms with Crippen LogP contribution in [0.2, 0.25) is 0 Å². The van der Waals surface area contributed by atoms with Crippen molar-refractivity contribution in [3.8, 4) is 0 Å². The van der Waals surface area contributed by atoms with Crippen LogP contribution < -0.4 is 0 Å². The fraction of sp³-hybridized carbons (Fsp3) is 0.545. The van der Waals surface area contributed by atoms with Crippen LogP contribution in [0, 0.1) is 5.41 Å². The van der Waals surface area contributed by atoms with E-state index in [0.717, 1.165) is 17.7 Å². The van der Waals surface area contributed by atoms with E-state index in [0.29, 0.717) is 0 Å². The molecule has 1 heterocycles. The van der Waals surface area contributed by atoms with Gasteiger partial charge in [-0.3, -0.25) is 4.79 Å². The maximum atomic E-state index is 11.3. The van der Waals surface area contributed by atoms with Gasteiger partial charge in [0, 0.05) is 4.88 Å². The van der Waals surface area contributed by atoms with E-state index in [2.05, 4.69) is 0 Å². The van der Waals surface area contributed by atoms with Gasteiger partial charge in [-0.1, -0.05) is 6.07 Å². The summed E-state index contributed by atoms with van der Waals surface area (Å²) < 4.78 is 0. The van der Waals surface area contributed by atoms with Crippen molar-refractivity contribution in [1.82, 2.24) is 4.90 Å². The second-order valence-corrected chi connectivity index (χ2v) is 5.32. The first-order valence-electron chi connectivity index (χ1n) is 5.01. The van der Waals surface area contributed by atoms with Crippen molar-refractivity contribution >= 4 is 17.3 Å². The van der Waals surface area contributed by atoms with Crippen LogP contribution in [0.4, 0.5) is 0 Å². The molecular formula is C11H15NO2S. The molecule has 1 unspecified atom stereocenters. The first-order valence-corrected chi connectivity index (χ1v) is 5.89. The van der Waals surface area contributed by atoms with Gasteiger partial charge < -0.3 is 10.0 Å². The summed E-state index contributed by atoms with van der Waals surface area (Å²) in [6, 6.07) is 4.03. The summed E-state index contributed by atoms with van der Waals surface area (Å²) in [7, 11) is 3.90. The third-order valence-electron chi connectivity index (χ3n) is 3.07. The molecule has 1 N–H and O–H groups in total. The highest BCUT2D eigenvalue weighted by atomic mass is 32.1. The van der Waals surface area contributed by atoms with E-state index in [1.807, 2.05) is 36.5 Å². The highest BCUT2D eigenvalue weighted by Crippen LogP contribution is 2.57. The Hall–Kier alpha value is -0.870. The standard InChI is InChI=1S/C11H15NO2S/c1-12(2)9(8-4-3-7-15-8)11(5-6-11)10(13)14/h3-4,7,9H,5-6H2,1-2H3,(H,13,14). The topological polar surface area (TPSA) is 40.5 Å². The van der Waals surface area contributed by atoms with Gasteiger partial charge in [-0.05, 0) is 38.4 Å². The van der Waals surface area contributed by atoms with Crippen LogP contribution in [0.25, 0.3) is 0 Å². The molecule has 82 valence electrons. The van der Waals surface area contributed by atoms with Crippen LogP contribution in [-0.4, -0.2) is 30.1 Å². The van der Waals surface area contributed by atoms with E-state index < -0.39 is 11.4 Å². The van der Waals surface area contributed by atoms with Crippen molar-refractivity contribution in [2.75, 3.05) is 14.1 Å². The summed E-state index contributed by atoms with van der Waals surface area (Å²) in [5.74, 6) is -0.658. The molecule has 2 rings (SSSR count). The van der Waals surface area contributed by atoms with Gasteiger partial charge in [-0.15, -0.1) is 11.3 Å². The van der Waals surface area contributed by atoms with Crippen molar-refractivity contribution in [2.45, 2.75) is 18.9 Å². The molecule has 1 aromatic heterocycles. The van der Waals surface area contributed by atoms with Crippen molar-refractivity contribution in [3.63, 3.8) is 0 Å². The molecule has 0 saturated heterocycles. The Morgan fingerprint density at radius 2 is 2.27 bits per heavy atom. The van der Waals surface area contributed by atoms with Gasteiger partial charge in [0.1, 0.15) is 0 Å². The Balaban J connectivity index is 2.33. The van der Waals surface area contributed by atoms with Gasteiger partial charge in [-0.2, -0.15) is 0 Å². The summed E-state index contributed by atoms with van der Waals surface area (Å²) in [6.07, 6.45) is 1.59. The number of nitrogens with zero attached hydrogens (tertiary/aromatic N) is 1. The number of carbonyl (C=O) groups is 1. The number of rotatable bonds is 4. The third kappa shape index (κ3) is 1.68. The quantitative estimate of drug-likeness (QED) is 0.854. The minimum atomic E-state index is -0.658. The Bertz CT molecular complexity index is 355. The molecule has 0 radical (unpaired) electrons. The molecule has 1 atom stereocenters. The van der Waals surface area contributed by atoms with Crippen LogP contribution in [0.5, 0.6) is 0 Å². The van der Waals surface area contributed by atoms with Gasteiger partial charge in [0.05, 0.1) is 11.5 Å². The number of hydrogen-bond donors (Lipinski definition) is 1. The fourth-order valence-electron chi connectivity index (χ4n) is 2.21. The number of aliphatic carboxylic acids is 1. The minimum Gasteiger partial charge on any atom is -0.481 e. The van der Waals surface area contributed by atoms with Gasteiger partial charge in [0.25, 0.3) is 0 Å². The second kappa shape index (κ2) is 3.61. The van der Waals surface area contributed by atoms with E-state index in [1.54, 1.807) is 11.3 Å². The molecule has 1 saturated carbocycles. The number of hydrogen-bond acceptors (Lipinski definition) is 3.